The molecule has 0 fully saturated rings. The van der Waals surface area contributed by atoms with Crippen LogP contribution in [-0.2, 0) is 50.1 Å². The van der Waals surface area contributed by atoms with E-state index in [0.29, 0.717) is 0 Å². The molecule has 4 amide bonds. The smallest absolute Gasteiger partial charge is 0.744 e. The van der Waals surface area contributed by atoms with E-state index >= 15 is 0 Å². The number of carbonyl (C=O) groups is 3. The topological polar surface area (TPSA) is 320 Å². The summed E-state index contributed by atoms with van der Waals surface area (Å²) in [6, 6.07) is 12.1. The molecule has 7 N–H and O–H groups in total. The van der Waals surface area contributed by atoms with Crippen LogP contribution in [0.25, 0.3) is 24.3 Å². The van der Waals surface area contributed by atoms with Crippen molar-refractivity contribution in [1.82, 2.24) is 0 Å². The second-order valence-electron chi connectivity index (χ2n) is 11.5. The molecular weight excluding hydrogens is 844 g/mol. The summed E-state index contributed by atoms with van der Waals surface area (Å²) >= 11 is 0. The molecule has 19 nitrogen and oxygen atoms in total. The van der Waals surface area contributed by atoms with Gasteiger partial charge in [-0.05, 0) is 70.8 Å². The summed E-state index contributed by atoms with van der Waals surface area (Å²) < 4.78 is 138. The van der Waals surface area contributed by atoms with E-state index in [2.05, 4.69) is 21.3 Å². The molecule has 0 bridgehead atoms. The van der Waals surface area contributed by atoms with Crippen molar-refractivity contribution >= 4 is 105 Å². The molecule has 296 valence electrons. The van der Waals surface area contributed by atoms with Crippen LogP contribution in [0.3, 0.4) is 0 Å². The van der Waals surface area contributed by atoms with Crippen LogP contribution >= 0.6 is 0 Å². The average molecular weight is 873 g/mol. The van der Waals surface area contributed by atoms with Crippen molar-refractivity contribution in [3.8, 4) is 0 Å². The fourth-order valence-corrected chi connectivity index (χ4v) is 7.77. The Morgan fingerprint density at radius 3 is 0.965 bits per heavy atom. The normalized spacial score (nSPS) is 12.2. The Balaban J connectivity index is 0.00000870. The second kappa shape index (κ2) is 18.2. The molecule has 4 aromatic carbocycles. The summed E-state index contributed by atoms with van der Waals surface area (Å²) in [5, 5.41) is 9.23. The van der Waals surface area contributed by atoms with Crippen LogP contribution in [0.1, 0.15) is 36.1 Å². The number of amides is 4. The van der Waals surface area contributed by atoms with E-state index in [1.807, 2.05) is 0 Å². The van der Waals surface area contributed by atoms with Crippen molar-refractivity contribution in [3.05, 3.63) is 95.1 Å². The Kier molecular flexibility index (Phi) is 14.9. The molecule has 4 rings (SSSR count). The van der Waals surface area contributed by atoms with Gasteiger partial charge in [-0.25, -0.2) is 13.2 Å². The molecule has 4 aromatic rings. The molecule has 0 heterocycles. The van der Waals surface area contributed by atoms with Crippen molar-refractivity contribution < 1.29 is 95.8 Å². The Bertz CT molecular complexity index is 2600. The van der Waals surface area contributed by atoms with E-state index in [-0.39, 0.29) is 74.6 Å². The van der Waals surface area contributed by atoms with Crippen molar-refractivity contribution in [3.63, 3.8) is 0 Å². The quantitative estimate of drug-likeness (QED) is 0.0598. The monoisotopic (exact) mass is 872 g/mol. The van der Waals surface area contributed by atoms with E-state index < -0.39 is 77.9 Å². The molecule has 0 spiro atoms. The van der Waals surface area contributed by atoms with Crippen molar-refractivity contribution in [1.29, 1.82) is 0 Å². The first-order chi connectivity index (χ1) is 25.8. The second-order valence-corrected chi connectivity index (χ2v) is 17.0. The third-order valence-corrected chi connectivity index (χ3v) is 10.8. The fraction of sp³-hybridized carbons (Fsp3) is 0.0606. The van der Waals surface area contributed by atoms with Gasteiger partial charge >= 0.3 is 35.6 Å². The van der Waals surface area contributed by atoms with Crippen LogP contribution in [0.5, 0.6) is 0 Å². The van der Waals surface area contributed by atoms with Gasteiger partial charge in [0, 0.05) is 36.6 Å². The van der Waals surface area contributed by atoms with Gasteiger partial charge < -0.3 is 25.8 Å². The summed E-state index contributed by atoms with van der Waals surface area (Å²) in [6.07, 6.45) is 4.31. The zero-order valence-electron chi connectivity index (χ0n) is 29.6. The van der Waals surface area contributed by atoms with E-state index in [0.717, 1.165) is 67.6 Å². The first kappa shape index (κ1) is 46.6. The largest absolute Gasteiger partial charge is 1.00 e. The maximum Gasteiger partial charge on any atom is 1.00 e. The molecule has 0 unspecified atom stereocenters. The molecule has 0 atom stereocenters. The summed E-state index contributed by atoms with van der Waals surface area (Å²) in [6.45, 7) is 2.33. The van der Waals surface area contributed by atoms with E-state index in [1.54, 1.807) is 0 Å². The minimum absolute atomic E-state index is 0. The zero-order chi connectivity index (χ0) is 41.8. The van der Waals surface area contributed by atoms with Gasteiger partial charge in [0.25, 0.3) is 30.4 Å². The maximum absolute atomic E-state index is 12.9. The number of hydrogen-bond donors (Lipinski definition) is 7. The Labute approximate surface area is 348 Å². The van der Waals surface area contributed by atoms with Gasteiger partial charge in [-0.2, -0.15) is 25.3 Å². The van der Waals surface area contributed by atoms with Gasteiger partial charge in [-0.1, -0.05) is 48.6 Å². The van der Waals surface area contributed by atoms with Gasteiger partial charge in [0.05, 0.1) is 4.90 Å². The van der Waals surface area contributed by atoms with E-state index in [9.17, 15) is 66.3 Å². The van der Waals surface area contributed by atoms with Gasteiger partial charge in [0.15, 0.2) is 0 Å². The number of urea groups is 1. The molecule has 0 aromatic heterocycles. The minimum atomic E-state index is -5.08. The maximum atomic E-state index is 12.9. The number of carbonyl (C=O) groups excluding carboxylic acids is 3. The van der Waals surface area contributed by atoms with Crippen LogP contribution in [0.4, 0.5) is 27.5 Å². The van der Waals surface area contributed by atoms with Crippen LogP contribution in [0.2, 0.25) is 0 Å². The van der Waals surface area contributed by atoms with Crippen molar-refractivity contribution in [2.75, 3.05) is 21.3 Å². The van der Waals surface area contributed by atoms with Gasteiger partial charge in [0.1, 0.15) is 24.8 Å². The third kappa shape index (κ3) is 13.1. The molecule has 0 aliphatic rings. The Morgan fingerprint density at radius 2 is 0.719 bits per heavy atom. The SMILES string of the molecule is CC(=O)Nc1ccc(/C=C/c2ccc(NC(=O)Nc3ccc(/C=C/c4ccc(NC(C)=O)cc4S(=O)(=O)O)c(S(=O)(=O)O)c3)cc2S(=O)(=O)O)c(S(=O)(=O)[O-])c1.[Na+]. The van der Waals surface area contributed by atoms with Crippen LogP contribution < -0.4 is 50.8 Å². The predicted molar refractivity (Wildman–Crippen MR) is 202 cm³/mol. The fourth-order valence-electron chi connectivity index (χ4n) is 4.95. The Hall–Kier alpha value is -4.79. The standard InChI is InChI=1S/C33H30N4O15S4.Na/c1-19(38)34-25-11-7-21(29(15-25)53(41,42)43)3-5-23-9-13-27(17-31(23)55(47,48)49)36-33(40)37-28-14-10-24(32(18-28)56(50,51)52)6-4-22-8-12-26(35-20(2)39)16-30(22)54(44,45)46;/h3-18H,1-2H3,(H,34,38)(H,35,39)(H2,36,37,40)(H,41,42,43)(H,44,45,46)(H,47,48,49)(H,50,51,52);/q;+1/p-1/b5-3+,6-4+;. The molecular formula is C33H29N4NaO15S4. The van der Waals surface area contributed by atoms with Gasteiger partial charge in [0.2, 0.25) is 11.8 Å². The van der Waals surface area contributed by atoms with Crippen LogP contribution in [0, 0.1) is 0 Å². The summed E-state index contributed by atoms with van der Waals surface area (Å²) in [7, 11) is -19.9. The number of hydrogen-bond acceptors (Lipinski definition) is 12. The molecule has 0 saturated heterocycles. The zero-order valence-corrected chi connectivity index (χ0v) is 34.9. The average Bonchev–Trinajstić information content (AvgIpc) is 3.05. The van der Waals surface area contributed by atoms with Gasteiger partial charge in [-0.15, -0.1) is 0 Å². The Morgan fingerprint density at radius 1 is 0.474 bits per heavy atom. The third-order valence-electron chi connectivity index (χ3n) is 7.20. The molecule has 0 saturated carbocycles. The van der Waals surface area contributed by atoms with Crippen LogP contribution in [-0.4, -0.2) is 69.7 Å². The molecule has 24 heteroatoms. The first-order valence-corrected chi connectivity index (χ1v) is 21.0. The molecule has 0 aliphatic heterocycles. The van der Waals surface area contributed by atoms with E-state index in [1.165, 1.54) is 43.3 Å². The molecule has 57 heavy (non-hydrogen) atoms. The summed E-state index contributed by atoms with van der Waals surface area (Å²) in [5.41, 5.74) is -1.14. The molecule has 0 radical (unpaired) electrons. The predicted octanol–water partition coefficient (Wildman–Crippen LogP) is 1.24. The number of anilines is 4. The van der Waals surface area contributed by atoms with Gasteiger partial charge in [-0.3, -0.25) is 23.2 Å². The summed E-state index contributed by atoms with van der Waals surface area (Å²) in [5.74, 6) is -1.07. The van der Waals surface area contributed by atoms with Crippen molar-refractivity contribution in [2.45, 2.75) is 33.4 Å². The summed E-state index contributed by atoms with van der Waals surface area (Å²) in [4.78, 5) is 32.7. The minimum Gasteiger partial charge on any atom is -0.744 e. The number of benzene rings is 4. The van der Waals surface area contributed by atoms with Crippen molar-refractivity contribution in [2.24, 2.45) is 0 Å². The van der Waals surface area contributed by atoms with E-state index in [4.69, 9.17) is 0 Å². The number of rotatable bonds is 12. The number of nitrogens with one attached hydrogen (secondary N) is 4. The molecule has 0 aliphatic carbocycles. The first-order valence-electron chi connectivity index (χ1n) is 15.3. The van der Waals surface area contributed by atoms with Crippen LogP contribution in [0.15, 0.2) is 92.4 Å².